The second-order valence-corrected chi connectivity index (χ2v) is 7.50. The molecule has 0 amide bonds. The van der Waals surface area contributed by atoms with Gasteiger partial charge in [-0.25, -0.2) is 8.42 Å². The van der Waals surface area contributed by atoms with E-state index in [-0.39, 0.29) is 34.5 Å². The molecule has 20 heavy (non-hydrogen) atoms. The fraction of sp³-hybridized carbons (Fsp3) is 0.500. The number of aryl methyl sites for hydroxylation is 1. The van der Waals surface area contributed by atoms with Crippen molar-refractivity contribution < 1.29 is 38.0 Å². The van der Waals surface area contributed by atoms with Crippen LogP contribution in [0.15, 0.2) is 34.3 Å². The number of benzene rings is 1. The first-order valence-electron chi connectivity index (χ1n) is 6.68. The molecule has 4 aliphatic rings. The van der Waals surface area contributed by atoms with Gasteiger partial charge in [0.25, 0.3) is 0 Å². The topological polar surface area (TPSA) is 60.6 Å². The van der Waals surface area contributed by atoms with Gasteiger partial charge in [-0.05, 0) is 49.7 Å². The maximum absolute atomic E-state index is 12.1. The molecule has 4 aliphatic carbocycles. The van der Waals surface area contributed by atoms with Crippen molar-refractivity contribution in [3.8, 4) is 0 Å². The van der Waals surface area contributed by atoms with Gasteiger partial charge in [0, 0.05) is 11.6 Å². The Hall–Kier alpha value is -0.360. The van der Waals surface area contributed by atoms with Crippen LogP contribution in [0.1, 0.15) is 18.4 Å². The summed E-state index contributed by atoms with van der Waals surface area (Å²) in [5, 5.41) is 4.09. The largest absolute Gasteiger partial charge is 1.00 e. The molecular formula is C14H15N2NaO2S. The van der Waals surface area contributed by atoms with Gasteiger partial charge in [0.2, 0.25) is 0 Å². The van der Waals surface area contributed by atoms with Crippen molar-refractivity contribution in [1.82, 2.24) is 0 Å². The van der Waals surface area contributed by atoms with Crippen LogP contribution < -0.4 is 29.6 Å². The van der Waals surface area contributed by atoms with Crippen molar-refractivity contribution in [2.24, 2.45) is 28.8 Å². The Morgan fingerprint density at radius 3 is 2.25 bits per heavy atom. The van der Waals surface area contributed by atoms with Crippen LogP contribution in [0.3, 0.4) is 0 Å². The molecule has 4 atom stereocenters. The van der Waals surface area contributed by atoms with E-state index in [0.29, 0.717) is 11.8 Å². The van der Waals surface area contributed by atoms with E-state index in [9.17, 15) is 8.42 Å². The van der Waals surface area contributed by atoms with E-state index in [0.717, 1.165) is 23.1 Å². The molecule has 4 fully saturated rings. The van der Waals surface area contributed by atoms with Gasteiger partial charge in [0.05, 0.1) is 4.90 Å². The third-order valence-electron chi connectivity index (χ3n) is 4.79. The van der Waals surface area contributed by atoms with Crippen LogP contribution >= 0.6 is 0 Å². The van der Waals surface area contributed by atoms with Crippen molar-refractivity contribution in [3.05, 3.63) is 34.7 Å². The average molecular weight is 298 g/mol. The van der Waals surface area contributed by atoms with E-state index in [1.807, 2.05) is 6.92 Å². The molecule has 0 heterocycles. The Morgan fingerprint density at radius 1 is 1.15 bits per heavy atom. The summed E-state index contributed by atoms with van der Waals surface area (Å²) < 4.78 is 24.1. The second kappa shape index (κ2) is 4.83. The molecule has 0 aromatic heterocycles. The van der Waals surface area contributed by atoms with E-state index in [2.05, 4.69) is 9.93 Å². The number of hydrogen-bond acceptors (Lipinski definition) is 3. The minimum absolute atomic E-state index is 0. The fourth-order valence-corrected chi connectivity index (χ4v) is 4.58. The van der Waals surface area contributed by atoms with Crippen molar-refractivity contribution >= 4 is 15.7 Å². The summed E-state index contributed by atoms with van der Waals surface area (Å²) >= 11 is 0. The Kier molecular flexibility index (Phi) is 3.52. The van der Waals surface area contributed by atoms with Crippen molar-refractivity contribution in [2.75, 3.05) is 0 Å². The third kappa shape index (κ3) is 2.15. The van der Waals surface area contributed by atoms with Gasteiger partial charge in [-0.2, -0.15) is 0 Å². The van der Waals surface area contributed by atoms with Gasteiger partial charge in [0.1, 0.15) is 10.0 Å². The maximum Gasteiger partial charge on any atom is 1.00 e. The molecule has 3 unspecified atom stereocenters. The predicted molar refractivity (Wildman–Crippen MR) is 72.4 cm³/mol. The first kappa shape index (κ1) is 14.6. The summed E-state index contributed by atoms with van der Waals surface area (Å²) in [5.41, 5.74) is 2.08. The predicted octanol–water partition coefficient (Wildman–Crippen LogP) is -0.297. The Labute approximate surface area is 141 Å². The van der Waals surface area contributed by atoms with Gasteiger partial charge in [-0.15, -0.1) is 0 Å². The van der Waals surface area contributed by atoms with Crippen LogP contribution in [-0.2, 0) is 10.0 Å². The van der Waals surface area contributed by atoms with Crippen LogP contribution in [0, 0.1) is 30.6 Å². The first-order valence-corrected chi connectivity index (χ1v) is 8.12. The molecule has 100 valence electrons. The van der Waals surface area contributed by atoms with E-state index in [1.54, 1.807) is 24.3 Å². The third-order valence-corrected chi connectivity index (χ3v) is 5.95. The summed E-state index contributed by atoms with van der Waals surface area (Å²) in [6.45, 7) is 1.92. The second-order valence-electron chi connectivity index (χ2n) is 5.92. The molecule has 4 saturated carbocycles. The molecular weight excluding hydrogens is 283 g/mol. The monoisotopic (exact) mass is 298 g/mol. The quantitative estimate of drug-likeness (QED) is 0.568. The molecule has 0 radical (unpaired) electrons. The molecule has 4 nitrogen and oxygen atoms in total. The smallest absolute Gasteiger partial charge is 0.491 e. The van der Waals surface area contributed by atoms with Gasteiger partial charge < -0.3 is 9.93 Å². The number of rotatable bonds is 3. The van der Waals surface area contributed by atoms with Gasteiger partial charge >= 0.3 is 29.6 Å². The number of hydrogen-bond donors (Lipinski definition) is 0. The summed E-state index contributed by atoms with van der Waals surface area (Å²) in [5.74, 6) is 2.65. The standard InChI is InChI=1S/C14H15N2O2S.Na/c1-8-2-4-10(5-3-8)19(17,18)16-15-14-9-6-11-12(7-9)13(11)14;/h2-5,9,11-13H,6-7H2,1H3;/q-1;+1/b15-14-;/t9?,11-,12?,13?;/m1./s1. The Balaban J connectivity index is 0.00000121. The zero-order chi connectivity index (χ0) is 13.2. The molecule has 6 heteroatoms. The van der Waals surface area contributed by atoms with E-state index in [1.165, 1.54) is 12.8 Å². The molecule has 0 spiro atoms. The molecule has 5 rings (SSSR count). The molecule has 0 saturated heterocycles. The molecule has 1 aromatic rings. The summed E-state index contributed by atoms with van der Waals surface area (Å²) in [7, 11) is -3.64. The molecule has 0 aliphatic heterocycles. The van der Waals surface area contributed by atoms with Crippen LogP contribution in [0.25, 0.3) is 4.83 Å². The zero-order valence-corrected chi connectivity index (χ0v) is 14.5. The SMILES string of the molecule is Cc1ccc(S(=O)(=O)[N-]/N=C2/C3CC4C2[C@@H]4C3)cc1.[Na+]. The molecule has 0 N–H and O–H groups in total. The molecule has 1 aromatic carbocycles. The van der Waals surface area contributed by atoms with Crippen LogP contribution in [0.5, 0.6) is 0 Å². The number of nitrogens with zero attached hydrogens (tertiary/aromatic N) is 2. The van der Waals surface area contributed by atoms with E-state index >= 15 is 0 Å². The average Bonchev–Trinajstić information content (AvgIpc) is 2.76. The Morgan fingerprint density at radius 2 is 1.75 bits per heavy atom. The summed E-state index contributed by atoms with van der Waals surface area (Å²) in [6, 6.07) is 6.73. The summed E-state index contributed by atoms with van der Waals surface area (Å²) in [4.78, 5) is 3.87. The van der Waals surface area contributed by atoms with Crippen LogP contribution in [-0.4, -0.2) is 14.1 Å². The van der Waals surface area contributed by atoms with Crippen LogP contribution in [0.2, 0.25) is 0 Å². The van der Waals surface area contributed by atoms with Gasteiger partial charge in [0.15, 0.2) is 0 Å². The zero-order valence-electron chi connectivity index (χ0n) is 11.7. The van der Waals surface area contributed by atoms with Crippen molar-refractivity contribution in [2.45, 2.75) is 24.7 Å². The van der Waals surface area contributed by atoms with Crippen molar-refractivity contribution in [1.29, 1.82) is 0 Å². The first-order chi connectivity index (χ1) is 9.06. The fourth-order valence-electron chi connectivity index (χ4n) is 3.80. The van der Waals surface area contributed by atoms with Crippen LogP contribution in [0.4, 0.5) is 0 Å². The van der Waals surface area contributed by atoms with Crippen molar-refractivity contribution in [3.63, 3.8) is 0 Å². The molecule has 4 bridgehead atoms. The number of sulfonamides is 1. The van der Waals surface area contributed by atoms with E-state index in [4.69, 9.17) is 0 Å². The summed E-state index contributed by atoms with van der Waals surface area (Å²) in [6.07, 6.45) is 2.41. The normalized spacial score (nSPS) is 35.0. The van der Waals surface area contributed by atoms with E-state index < -0.39 is 10.0 Å². The minimum atomic E-state index is -3.64. The van der Waals surface area contributed by atoms with Gasteiger partial charge in [-0.3, -0.25) is 0 Å². The minimum Gasteiger partial charge on any atom is -0.491 e. The van der Waals surface area contributed by atoms with Gasteiger partial charge in [-0.1, -0.05) is 17.7 Å². The Bertz CT molecular complexity index is 653. The maximum atomic E-state index is 12.1.